The van der Waals surface area contributed by atoms with Crippen LogP contribution in [0.4, 0.5) is 0 Å². The van der Waals surface area contributed by atoms with Gasteiger partial charge in [-0.15, -0.1) is 0 Å². The van der Waals surface area contributed by atoms with E-state index in [0.29, 0.717) is 88.7 Å². The number of ether oxygens (including phenoxy) is 7. The van der Waals surface area contributed by atoms with Crippen LogP contribution in [-0.2, 0) is 71.0 Å². The number of quaternary nitrogens is 1. The van der Waals surface area contributed by atoms with Crippen LogP contribution in [0.3, 0.4) is 0 Å². The molecule has 2 aromatic carbocycles. The number of aryl methyl sites for hydroxylation is 2. The van der Waals surface area contributed by atoms with Crippen LogP contribution >= 0.6 is 7.82 Å². The van der Waals surface area contributed by atoms with E-state index in [1.54, 1.807) is 18.2 Å². The number of unbranched alkanes of at least 4 members (excludes halogenated alkanes) is 18. The van der Waals surface area contributed by atoms with E-state index in [9.17, 15) is 33.4 Å². The van der Waals surface area contributed by atoms with Gasteiger partial charge in [0.15, 0.2) is 30.0 Å². The molecule has 3 aromatic rings. The number of rotatable bonds is 43. The molecule has 460 valence electrons. The third-order valence-electron chi connectivity index (χ3n) is 14.2. The van der Waals surface area contributed by atoms with Gasteiger partial charge in [-0.1, -0.05) is 122 Å². The van der Waals surface area contributed by atoms with Gasteiger partial charge in [-0.05, 0) is 67.0 Å². The molecule has 22 heteroatoms. The molecule has 2 unspecified atom stereocenters. The van der Waals surface area contributed by atoms with Crippen molar-refractivity contribution in [1.82, 2.24) is 20.5 Å². The van der Waals surface area contributed by atoms with Crippen molar-refractivity contribution in [3.05, 3.63) is 52.6 Å². The average molecular weight is 1170 g/mol. The number of carbonyl (C=O) groups is 5. The molecule has 0 saturated carbocycles. The molecule has 3 atom stereocenters. The van der Waals surface area contributed by atoms with E-state index in [1.807, 2.05) is 27.2 Å². The van der Waals surface area contributed by atoms with Crippen molar-refractivity contribution in [2.45, 2.75) is 186 Å². The minimum atomic E-state index is -4.71. The molecule has 1 amide bonds. The molecule has 82 heavy (non-hydrogen) atoms. The topological polar surface area (TPSA) is 262 Å². The number of hydrogen-bond acceptors (Lipinski definition) is 18. The zero-order chi connectivity index (χ0) is 59.8. The van der Waals surface area contributed by atoms with Crippen LogP contribution in [0, 0.1) is 0 Å². The van der Waals surface area contributed by atoms with Gasteiger partial charge in [0.1, 0.15) is 32.0 Å². The number of carbonyl (C=O) groups excluding carboxylic acids is 5. The third kappa shape index (κ3) is 25.9. The molecule has 21 nitrogen and oxygen atoms in total. The summed E-state index contributed by atoms with van der Waals surface area (Å²) in [5.74, 6) is -0.496. The molecule has 1 heterocycles. The maximum atomic E-state index is 13.3. The van der Waals surface area contributed by atoms with Gasteiger partial charge in [-0.25, -0.2) is 9.78 Å². The lowest BCUT2D eigenvalue weighted by molar-refractivity contribution is -0.870. The van der Waals surface area contributed by atoms with Gasteiger partial charge in [0.2, 0.25) is 5.75 Å². The van der Waals surface area contributed by atoms with Crippen LogP contribution in [0.2, 0.25) is 0 Å². The highest BCUT2D eigenvalue weighted by Gasteiger charge is 2.31. The molecule has 0 saturated heterocycles. The lowest BCUT2D eigenvalue weighted by Gasteiger charge is -2.28. The predicted molar refractivity (Wildman–Crippen MR) is 307 cm³/mol. The third-order valence-corrected chi connectivity index (χ3v) is 15.2. The van der Waals surface area contributed by atoms with Gasteiger partial charge in [0.25, 0.3) is 13.7 Å². The number of likely N-dealkylation sites (N-methyl/N-ethyl adjacent to an activating group) is 1. The Morgan fingerprint density at radius 2 is 1.34 bits per heavy atom. The van der Waals surface area contributed by atoms with Crippen molar-refractivity contribution < 1.29 is 80.1 Å². The van der Waals surface area contributed by atoms with Gasteiger partial charge >= 0.3 is 23.9 Å². The van der Waals surface area contributed by atoms with Crippen molar-refractivity contribution in [1.29, 1.82) is 0 Å². The molecule has 2 N–H and O–H groups in total. The van der Waals surface area contributed by atoms with E-state index < -0.39 is 63.0 Å². The minimum absolute atomic E-state index is 0.0794. The lowest BCUT2D eigenvalue weighted by atomic mass is 9.92. The molecule has 0 fully saturated rings. The van der Waals surface area contributed by atoms with Gasteiger partial charge in [0.05, 0.1) is 67.8 Å². The lowest BCUT2D eigenvalue weighted by Crippen LogP contribution is -2.37. The monoisotopic (exact) mass is 1170 g/mol. The van der Waals surface area contributed by atoms with Crippen molar-refractivity contribution in [2.75, 3.05) is 82.6 Å². The van der Waals surface area contributed by atoms with E-state index in [-0.39, 0.29) is 32.5 Å². The zero-order valence-corrected chi connectivity index (χ0v) is 51.1. The first-order chi connectivity index (χ1) is 39.4. The zero-order valence-electron chi connectivity index (χ0n) is 50.2. The number of fused-ring (bicyclic) bond motifs is 3. The molecular weight excluding hydrogens is 1080 g/mol. The smallest absolute Gasteiger partial charge is 0.337 e. The molecule has 1 aliphatic carbocycles. The molecule has 0 radical (unpaired) electrons. The predicted octanol–water partition coefficient (Wildman–Crippen LogP) is 9.98. The van der Waals surface area contributed by atoms with E-state index in [1.165, 1.54) is 86.2 Å². The quantitative estimate of drug-likeness (QED) is 0.0175. The maximum Gasteiger partial charge on any atom is 0.337 e. The fourth-order valence-electron chi connectivity index (χ4n) is 9.70. The summed E-state index contributed by atoms with van der Waals surface area (Å²) in [6.07, 6.45) is 21.9. The number of nitrogens with one attached hydrogen (secondary N) is 2. The number of aromatic amines is 1. The van der Waals surface area contributed by atoms with E-state index in [2.05, 4.69) is 27.4 Å². The summed E-state index contributed by atoms with van der Waals surface area (Å²) in [4.78, 5) is 81.3. The molecule has 0 aliphatic heterocycles. The number of H-pyrrole nitrogens is 1. The summed E-state index contributed by atoms with van der Waals surface area (Å²) in [6, 6.07) is 6.41. The van der Waals surface area contributed by atoms with Gasteiger partial charge in [-0.3, -0.25) is 28.8 Å². The highest BCUT2D eigenvalue weighted by Crippen LogP contribution is 2.50. The SMILES string of the molecule is CCCCCCCCCCCCCCCC(=O)OCC(COP(=O)([O-])OCC[N+](C)(C)C)OC(=O)CCCCCCCCCc1n[nH]c(CC(=O)OCC(=O)N[C@H]2CCc3cc(OC)c(OC)c(OC)c3-c3ccc(C(=O)OC)cc32)n1. The molecule has 1 aliphatic rings. The second kappa shape index (κ2) is 37.6. The number of aromatic nitrogens is 3. The molecule has 0 bridgehead atoms. The fraction of sp³-hybridized carbons (Fsp3) is 0.683. The van der Waals surface area contributed by atoms with Crippen LogP contribution in [0.25, 0.3) is 11.1 Å². The maximum absolute atomic E-state index is 13.3. The Hall–Kier alpha value is -5.60. The summed E-state index contributed by atoms with van der Waals surface area (Å²) in [5, 5.41) is 10.0. The van der Waals surface area contributed by atoms with Gasteiger partial charge in [0, 0.05) is 24.8 Å². The first-order valence-electron chi connectivity index (χ1n) is 29.6. The van der Waals surface area contributed by atoms with Crippen molar-refractivity contribution in [3.63, 3.8) is 0 Å². The number of benzene rings is 2. The van der Waals surface area contributed by atoms with Gasteiger partial charge < -0.3 is 56.9 Å². The largest absolute Gasteiger partial charge is 0.756 e. The van der Waals surface area contributed by atoms with Crippen LogP contribution in [0.5, 0.6) is 17.2 Å². The Morgan fingerprint density at radius 3 is 1.94 bits per heavy atom. The summed E-state index contributed by atoms with van der Waals surface area (Å²) < 4.78 is 61.5. The normalized spacial score (nSPS) is 14.1. The Balaban J connectivity index is 1.12. The molecule has 1 aromatic heterocycles. The Labute approximate surface area is 486 Å². The van der Waals surface area contributed by atoms with E-state index >= 15 is 0 Å². The van der Waals surface area contributed by atoms with E-state index in [4.69, 9.17) is 42.2 Å². The first kappa shape index (κ1) is 68.9. The Bertz CT molecular complexity index is 2480. The van der Waals surface area contributed by atoms with Crippen LogP contribution in [0.1, 0.15) is 194 Å². The molecule has 0 spiro atoms. The first-order valence-corrected chi connectivity index (χ1v) is 31.0. The van der Waals surface area contributed by atoms with E-state index in [0.717, 1.165) is 68.9 Å². The highest BCUT2D eigenvalue weighted by atomic mass is 31.2. The van der Waals surface area contributed by atoms with Crippen LogP contribution < -0.4 is 24.4 Å². The van der Waals surface area contributed by atoms with Crippen molar-refractivity contribution in [3.8, 4) is 28.4 Å². The standard InChI is InChI=1S/C60H94N5O16P/c1-9-10-11-12-13-14-15-16-17-18-21-24-27-30-54(67)77-41-46(42-80-82(71,72)79-37-36-65(2,3)4)81-55(68)31-28-25-22-19-20-23-26-29-51-62-52(64-63-51)40-56(69)78-43-53(66)61-49-35-33-44-39-50(73-5)58(74-6)59(75-7)57(44)47-34-32-45(38-48(47)49)60(70)76-8/h32,34,38-39,46,49H,9-31,33,35-37,40-43H2,1-8H3,(H2-,61,62,63,64,66,71,72)/t46?,49-/m0/s1. The number of nitrogens with zero attached hydrogens (tertiary/aromatic N) is 3. The second-order valence-corrected chi connectivity index (χ2v) is 23.4. The summed E-state index contributed by atoms with van der Waals surface area (Å²) in [7, 11) is 6.89. The van der Waals surface area contributed by atoms with Gasteiger partial charge in [-0.2, -0.15) is 5.10 Å². The number of methoxy groups -OCH3 is 4. The Morgan fingerprint density at radius 1 is 0.732 bits per heavy atom. The second-order valence-electron chi connectivity index (χ2n) is 22.0. The summed E-state index contributed by atoms with van der Waals surface area (Å²) in [5.41, 5.74) is 3.29. The van der Waals surface area contributed by atoms with Crippen molar-refractivity contribution >= 4 is 37.6 Å². The minimum Gasteiger partial charge on any atom is -0.756 e. The summed E-state index contributed by atoms with van der Waals surface area (Å²) in [6.45, 7) is 1.18. The van der Waals surface area contributed by atoms with Crippen LogP contribution in [-0.4, -0.2) is 138 Å². The molecule has 4 rings (SSSR count). The average Bonchev–Trinajstić information content (AvgIpc) is 4.02. The molecular formula is C60H94N5O16P. The number of hydrogen-bond donors (Lipinski definition) is 2. The van der Waals surface area contributed by atoms with Crippen molar-refractivity contribution in [2.24, 2.45) is 0 Å². The Kier molecular flexibility index (Phi) is 31.6. The number of esters is 4. The summed E-state index contributed by atoms with van der Waals surface area (Å²) >= 11 is 0. The number of amides is 1. The fourth-order valence-corrected chi connectivity index (χ4v) is 10.4. The van der Waals surface area contributed by atoms with Crippen LogP contribution in [0.15, 0.2) is 24.3 Å². The number of phosphoric acid groups is 1. The number of phosphoric ester groups is 1. The highest BCUT2D eigenvalue weighted by molar-refractivity contribution is 7.45.